The number of rotatable bonds is 4. The molecular weight excluding hydrogens is 112 g/mol. The molecule has 0 atom stereocenters. The first-order valence-electron chi connectivity index (χ1n) is 2.46. The zero-order chi connectivity index (χ0) is 7.28. The lowest BCUT2D eigenvalue weighted by atomic mass is 10.5. The van der Waals surface area contributed by atoms with Crippen LogP contribution in [0.3, 0.4) is 0 Å². The zero-order valence-electron chi connectivity index (χ0n) is 5.38. The van der Waals surface area contributed by atoms with Crippen LogP contribution in [-0.4, -0.2) is 11.7 Å². The van der Waals surface area contributed by atoms with Crippen molar-refractivity contribution in [3.05, 3.63) is 37.7 Å². The maximum atomic E-state index is 3.62. The van der Waals surface area contributed by atoms with Crippen LogP contribution >= 0.6 is 0 Å². The summed E-state index contributed by atoms with van der Waals surface area (Å²) in [6, 6.07) is 0. The third-order valence-electron chi connectivity index (χ3n) is 0.855. The van der Waals surface area contributed by atoms with Gasteiger partial charge in [0.2, 0.25) is 0 Å². The van der Waals surface area contributed by atoms with Gasteiger partial charge in [-0.3, -0.25) is 0 Å². The normalized spacial score (nSPS) is 7.56. The van der Waals surface area contributed by atoms with Crippen LogP contribution in [0.25, 0.3) is 0 Å². The fourth-order valence-electron chi connectivity index (χ4n) is 0.359. The van der Waals surface area contributed by atoms with E-state index < -0.39 is 0 Å². The molecule has 2 nitrogen and oxygen atoms in total. The van der Waals surface area contributed by atoms with Gasteiger partial charge in [-0.2, -0.15) is 5.10 Å². The summed E-state index contributed by atoms with van der Waals surface area (Å²) in [5.74, 6) is 0. The van der Waals surface area contributed by atoms with Gasteiger partial charge in [0, 0.05) is 12.9 Å². The Bertz CT molecular complexity index is 139. The lowest BCUT2D eigenvalue weighted by molar-refractivity contribution is 0.523. The van der Waals surface area contributed by atoms with Gasteiger partial charge < -0.3 is 0 Å². The van der Waals surface area contributed by atoms with Crippen LogP contribution in [0.4, 0.5) is 0 Å². The molecule has 0 bridgehead atoms. The molecular formula is C7H10N2. The zero-order valence-corrected chi connectivity index (χ0v) is 5.38. The molecule has 0 aromatic heterocycles. The summed E-state index contributed by atoms with van der Waals surface area (Å²) in [4.78, 5) is 0. The Morgan fingerprint density at radius 2 is 2.00 bits per heavy atom. The highest BCUT2D eigenvalue weighted by Gasteiger charge is 1.91. The van der Waals surface area contributed by atoms with Gasteiger partial charge in [-0.05, 0) is 6.08 Å². The molecule has 48 valence electrons. The van der Waals surface area contributed by atoms with Crippen molar-refractivity contribution in [2.24, 2.45) is 5.10 Å². The van der Waals surface area contributed by atoms with E-state index in [1.54, 1.807) is 6.08 Å². The molecule has 0 fully saturated rings. The lowest BCUT2D eigenvalue weighted by Gasteiger charge is -2.10. The first-order valence-corrected chi connectivity index (χ1v) is 2.46. The molecule has 0 spiro atoms. The van der Waals surface area contributed by atoms with E-state index in [0.717, 1.165) is 0 Å². The monoisotopic (exact) mass is 122 g/mol. The molecule has 0 saturated heterocycles. The minimum atomic E-state index is 0.667. The summed E-state index contributed by atoms with van der Waals surface area (Å²) < 4.78 is 0. The number of nitrogens with zero attached hydrogens (tertiary/aromatic N) is 2. The Morgan fingerprint density at radius 3 is 2.11 bits per heavy atom. The van der Waals surface area contributed by atoms with Crippen LogP contribution in [0, 0.1) is 0 Å². The molecule has 0 aliphatic carbocycles. The Kier molecular flexibility index (Phi) is 3.13. The first kappa shape index (κ1) is 7.69. The molecule has 0 N–H and O–H groups in total. The van der Waals surface area contributed by atoms with E-state index in [4.69, 9.17) is 0 Å². The van der Waals surface area contributed by atoms with Crippen LogP contribution < -0.4 is 0 Å². The second kappa shape index (κ2) is 3.66. The van der Waals surface area contributed by atoms with Gasteiger partial charge in [0.05, 0.1) is 5.70 Å². The fourth-order valence-corrected chi connectivity index (χ4v) is 0.359. The van der Waals surface area contributed by atoms with Gasteiger partial charge in [-0.25, -0.2) is 5.01 Å². The van der Waals surface area contributed by atoms with Crippen molar-refractivity contribution in [1.82, 2.24) is 5.01 Å². The molecule has 0 aromatic carbocycles. The van der Waals surface area contributed by atoms with Gasteiger partial charge in [0.15, 0.2) is 0 Å². The maximum absolute atomic E-state index is 3.62. The van der Waals surface area contributed by atoms with E-state index in [9.17, 15) is 0 Å². The third-order valence-corrected chi connectivity index (χ3v) is 0.855. The van der Waals surface area contributed by atoms with Crippen molar-refractivity contribution in [2.45, 2.75) is 0 Å². The molecule has 0 saturated carbocycles. The van der Waals surface area contributed by atoms with Crippen molar-refractivity contribution in [2.75, 3.05) is 0 Å². The van der Waals surface area contributed by atoms with E-state index >= 15 is 0 Å². The molecule has 0 heterocycles. The Labute approximate surface area is 55.5 Å². The van der Waals surface area contributed by atoms with Crippen molar-refractivity contribution in [3.8, 4) is 0 Å². The van der Waals surface area contributed by atoms with Gasteiger partial charge in [-0.15, -0.1) is 0 Å². The second-order valence-corrected chi connectivity index (χ2v) is 1.36. The molecule has 0 radical (unpaired) electrons. The summed E-state index contributed by atoms with van der Waals surface area (Å²) in [5.41, 5.74) is 0.667. The van der Waals surface area contributed by atoms with E-state index in [1.807, 2.05) is 0 Å². The topological polar surface area (TPSA) is 15.6 Å². The van der Waals surface area contributed by atoms with Gasteiger partial charge in [-0.1, -0.05) is 19.7 Å². The van der Waals surface area contributed by atoms with E-state index in [-0.39, 0.29) is 0 Å². The van der Waals surface area contributed by atoms with Gasteiger partial charge in [0.25, 0.3) is 0 Å². The van der Waals surface area contributed by atoms with Crippen molar-refractivity contribution in [1.29, 1.82) is 0 Å². The standard InChI is InChI=1S/C7H10N2/c1-5-7(3)9(6-2)8-4/h5-6H,1-4H2. The van der Waals surface area contributed by atoms with E-state index in [2.05, 4.69) is 31.6 Å². The smallest absolute Gasteiger partial charge is 0.0567 e. The number of allylic oxidation sites excluding steroid dienone is 1. The summed E-state index contributed by atoms with van der Waals surface area (Å²) in [6.45, 7) is 13.9. The fraction of sp³-hybridized carbons (Fsp3) is 0. The largest absolute Gasteiger partial charge is 0.243 e. The van der Waals surface area contributed by atoms with Crippen LogP contribution in [0.15, 0.2) is 42.8 Å². The molecule has 0 aliphatic rings. The maximum Gasteiger partial charge on any atom is 0.0567 e. The molecule has 0 aliphatic heterocycles. The Balaban J connectivity index is 4.09. The predicted octanol–water partition coefficient (Wildman–Crippen LogP) is 1.75. The van der Waals surface area contributed by atoms with Gasteiger partial charge >= 0.3 is 0 Å². The van der Waals surface area contributed by atoms with Crippen molar-refractivity contribution in [3.63, 3.8) is 0 Å². The molecule has 0 rings (SSSR count). The van der Waals surface area contributed by atoms with E-state index in [1.165, 1.54) is 11.2 Å². The molecule has 0 unspecified atom stereocenters. The molecule has 0 aromatic rings. The highest BCUT2D eigenvalue weighted by atomic mass is 15.4. The Hall–Kier alpha value is -1.31. The summed E-state index contributed by atoms with van der Waals surface area (Å²) >= 11 is 0. The number of hydrazone groups is 1. The van der Waals surface area contributed by atoms with E-state index in [0.29, 0.717) is 5.70 Å². The summed E-state index contributed by atoms with van der Waals surface area (Å²) in [7, 11) is 0. The average Bonchev–Trinajstić information content (AvgIpc) is 1.90. The van der Waals surface area contributed by atoms with Crippen LogP contribution in [-0.2, 0) is 0 Å². The average molecular weight is 122 g/mol. The van der Waals surface area contributed by atoms with Crippen LogP contribution in [0.1, 0.15) is 0 Å². The molecule has 0 amide bonds. The molecule has 2 heteroatoms. The minimum absolute atomic E-state index is 0.667. The number of hydrogen-bond donors (Lipinski definition) is 0. The first-order chi connectivity index (χ1) is 4.26. The predicted molar refractivity (Wildman–Crippen MR) is 40.9 cm³/mol. The number of hydrogen-bond acceptors (Lipinski definition) is 2. The highest BCUT2D eigenvalue weighted by molar-refractivity contribution is 5.25. The molecule has 9 heavy (non-hydrogen) atoms. The quantitative estimate of drug-likeness (QED) is 0.315. The second-order valence-electron chi connectivity index (χ2n) is 1.36. The lowest BCUT2D eigenvalue weighted by Crippen LogP contribution is -2.03. The van der Waals surface area contributed by atoms with Crippen molar-refractivity contribution < 1.29 is 0 Å². The highest BCUT2D eigenvalue weighted by Crippen LogP contribution is 2.01. The SMILES string of the molecule is C=CC(=C)N(C=C)N=C. The van der Waals surface area contributed by atoms with Gasteiger partial charge in [0.1, 0.15) is 0 Å². The Morgan fingerprint density at radius 1 is 1.44 bits per heavy atom. The summed E-state index contributed by atoms with van der Waals surface area (Å²) in [6.07, 6.45) is 3.09. The summed E-state index contributed by atoms with van der Waals surface area (Å²) in [5, 5.41) is 5.01. The van der Waals surface area contributed by atoms with Crippen LogP contribution in [0.2, 0.25) is 0 Å². The minimum Gasteiger partial charge on any atom is -0.243 e. The van der Waals surface area contributed by atoms with Crippen LogP contribution in [0.5, 0.6) is 0 Å². The van der Waals surface area contributed by atoms with Crippen molar-refractivity contribution >= 4 is 6.72 Å². The third kappa shape index (κ3) is 1.95.